The highest BCUT2D eigenvalue weighted by atomic mass is 35.5. The summed E-state index contributed by atoms with van der Waals surface area (Å²) in [6, 6.07) is 10.4. The number of fused-ring (bicyclic) bond motifs is 1. The van der Waals surface area contributed by atoms with Crippen LogP contribution in [0.5, 0.6) is 0 Å². The molecule has 0 N–H and O–H groups in total. The minimum absolute atomic E-state index is 0.129. The summed E-state index contributed by atoms with van der Waals surface area (Å²) in [6.07, 6.45) is 1.92. The van der Waals surface area contributed by atoms with Gasteiger partial charge in [-0.25, -0.2) is 4.98 Å². The van der Waals surface area contributed by atoms with Crippen molar-refractivity contribution in [2.45, 2.75) is 32.7 Å². The second kappa shape index (κ2) is 5.49. The number of aromatic nitrogens is 3. The Hall–Kier alpha value is -1.87. The zero-order valence-corrected chi connectivity index (χ0v) is 13.2. The van der Waals surface area contributed by atoms with Crippen LogP contribution in [0.25, 0.3) is 11.0 Å². The van der Waals surface area contributed by atoms with Crippen molar-refractivity contribution >= 4 is 22.6 Å². The molecule has 0 radical (unpaired) electrons. The first-order valence-corrected chi connectivity index (χ1v) is 7.50. The molecule has 1 aromatic carbocycles. The molecule has 108 valence electrons. The van der Waals surface area contributed by atoms with Crippen molar-refractivity contribution in [1.29, 1.82) is 0 Å². The van der Waals surface area contributed by atoms with Gasteiger partial charge in [-0.2, -0.15) is 0 Å². The Bertz CT molecular complexity index is 773. The van der Waals surface area contributed by atoms with E-state index in [0.29, 0.717) is 0 Å². The highest BCUT2D eigenvalue weighted by molar-refractivity contribution is 6.20. The van der Waals surface area contributed by atoms with Crippen molar-refractivity contribution in [3.05, 3.63) is 59.2 Å². The Balaban J connectivity index is 2.12. The van der Waals surface area contributed by atoms with Gasteiger partial charge in [0, 0.05) is 11.9 Å². The van der Waals surface area contributed by atoms with Gasteiger partial charge in [0.15, 0.2) is 0 Å². The monoisotopic (exact) mass is 299 g/mol. The van der Waals surface area contributed by atoms with Crippen LogP contribution in [0.4, 0.5) is 0 Å². The Labute approximate surface area is 129 Å². The average molecular weight is 300 g/mol. The molecular formula is C17H18ClN3. The molecule has 0 aliphatic heterocycles. The maximum atomic E-state index is 6.31. The third kappa shape index (κ3) is 2.79. The van der Waals surface area contributed by atoms with E-state index in [2.05, 4.69) is 45.7 Å². The first kappa shape index (κ1) is 14.1. The fourth-order valence-corrected chi connectivity index (χ4v) is 2.66. The zero-order chi connectivity index (χ0) is 15.0. The molecule has 4 heteroatoms. The van der Waals surface area contributed by atoms with Gasteiger partial charge in [0.1, 0.15) is 5.82 Å². The topological polar surface area (TPSA) is 30.7 Å². The molecule has 0 saturated heterocycles. The molecule has 0 aliphatic rings. The first-order valence-electron chi connectivity index (χ1n) is 7.07. The van der Waals surface area contributed by atoms with Crippen molar-refractivity contribution in [3.63, 3.8) is 0 Å². The summed E-state index contributed by atoms with van der Waals surface area (Å²) in [5.41, 5.74) is 5.51. The van der Waals surface area contributed by atoms with Crippen LogP contribution >= 0.6 is 11.6 Å². The lowest BCUT2D eigenvalue weighted by molar-refractivity contribution is 0.739. The van der Waals surface area contributed by atoms with Crippen LogP contribution in [0, 0.1) is 13.8 Å². The minimum Gasteiger partial charge on any atom is -0.322 e. The van der Waals surface area contributed by atoms with Gasteiger partial charge in [0.2, 0.25) is 0 Å². The third-order valence-electron chi connectivity index (χ3n) is 3.60. The Morgan fingerprint density at radius 3 is 2.67 bits per heavy atom. The molecule has 0 amide bonds. The average Bonchev–Trinajstić information content (AvgIpc) is 2.80. The zero-order valence-electron chi connectivity index (χ0n) is 12.5. The molecule has 0 spiro atoms. The number of rotatable bonds is 3. The molecule has 1 unspecified atom stereocenters. The highest BCUT2D eigenvalue weighted by Crippen LogP contribution is 2.26. The molecule has 0 fully saturated rings. The highest BCUT2D eigenvalue weighted by Gasteiger charge is 2.15. The van der Waals surface area contributed by atoms with Crippen LogP contribution in [0.3, 0.4) is 0 Å². The second-order valence-corrected chi connectivity index (χ2v) is 6.13. The van der Waals surface area contributed by atoms with E-state index in [0.717, 1.165) is 34.7 Å². The van der Waals surface area contributed by atoms with Gasteiger partial charge < -0.3 is 4.57 Å². The number of pyridine rings is 1. The number of imidazole rings is 1. The van der Waals surface area contributed by atoms with Gasteiger partial charge in [0.05, 0.1) is 23.0 Å². The van der Waals surface area contributed by atoms with Crippen LogP contribution in [-0.4, -0.2) is 14.5 Å². The van der Waals surface area contributed by atoms with Crippen LogP contribution in [0.15, 0.2) is 36.5 Å². The lowest BCUT2D eigenvalue weighted by atomic mass is 10.2. The van der Waals surface area contributed by atoms with E-state index in [1.54, 1.807) is 0 Å². The maximum Gasteiger partial charge on any atom is 0.128 e. The fourth-order valence-electron chi connectivity index (χ4n) is 2.50. The van der Waals surface area contributed by atoms with Crippen molar-refractivity contribution in [3.8, 4) is 0 Å². The summed E-state index contributed by atoms with van der Waals surface area (Å²) in [5.74, 6) is 0.901. The molecule has 0 bridgehead atoms. The number of aryl methyl sites for hydroxylation is 2. The Kier molecular flexibility index (Phi) is 3.68. The lowest BCUT2D eigenvalue weighted by Crippen LogP contribution is -2.06. The number of halogens is 1. The summed E-state index contributed by atoms with van der Waals surface area (Å²) >= 11 is 6.31. The molecule has 2 aromatic heterocycles. The molecule has 2 heterocycles. The summed E-state index contributed by atoms with van der Waals surface area (Å²) in [4.78, 5) is 9.04. The molecule has 0 aliphatic carbocycles. The van der Waals surface area contributed by atoms with Crippen LogP contribution in [0.2, 0.25) is 0 Å². The van der Waals surface area contributed by atoms with Crippen LogP contribution in [0.1, 0.15) is 34.9 Å². The van der Waals surface area contributed by atoms with Gasteiger partial charge >= 0.3 is 0 Å². The summed E-state index contributed by atoms with van der Waals surface area (Å²) in [5, 5.41) is -0.129. The predicted octanol–water partition coefficient (Wildman–Crippen LogP) is 4.40. The van der Waals surface area contributed by atoms with Crippen LogP contribution in [-0.2, 0) is 6.54 Å². The van der Waals surface area contributed by atoms with Gasteiger partial charge in [0.25, 0.3) is 0 Å². The molecule has 3 rings (SSSR count). The summed E-state index contributed by atoms with van der Waals surface area (Å²) in [7, 11) is 0. The number of hydrogen-bond acceptors (Lipinski definition) is 2. The maximum absolute atomic E-state index is 6.31. The quantitative estimate of drug-likeness (QED) is 0.671. The Morgan fingerprint density at radius 1 is 1.19 bits per heavy atom. The molecule has 3 aromatic rings. The van der Waals surface area contributed by atoms with Crippen molar-refractivity contribution in [1.82, 2.24) is 14.5 Å². The summed E-state index contributed by atoms with van der Waals surface area (Å²) < 4.78 is 2.19. The van der Waals surface area contributed by atoms with E-state index >= 15 is 0 Å². The molecule has 0 saturated carbocycles. The standard InChI is InChI=1S/C17H18ClN3/c1-11-4-7-15-16(8-11)21(17(20-15)13(3)18)10-14-6-5-12(2)19-9-14/h4-9,13H,10H2,1-3H3. The van der Waals surface area contributed by atoms with Crippen LogP contribution < -0.4 is 0 Å². The normalized spacial score (nSPS) is 12.8. The number of benzene rings is 1. The molecule has 21 heavy (non-hydrogen) atoms. The van der Waals surface area contributed by atoms with E-state index in [4.69, 9.17) is 11.6 Å². The lowest BCUT2D eigenvalue weighted by Gasteiger charge is -2.11. The molecule has 1 atom stereocenters. The smallest absolute Gasteiger partial charge is 0.128 e. The molecular weight excluding hydrogens is 282 g/mol. The van der Waals surface area contributed by atoms with Crippen molar-refractivity contribution in [2.24, 2.45) is 0 Å². The summed E-state index contributed by atoms with van der Waals surface area (Å²) in [6.45, 7) is 6.78. The largest absolute Gasteiger partial charge is 0.322 e. The van der Waals surface area contributed by atoms with Crippen molar-refractivity contribution in [2.75, 3.05) is 0 Å². The second-order valence-electron chi connectivity index (χ2n) is 5.47. The first-order chi connectivity index (χ1) is 10.0. The fraction of sp³-hybridized carbons (Fsp3) is 0.294. The predicted molar refractivity (Wildman–Crippen MR) is 86.8 cm³/mol. The van der Waals surface area contributed by atoms with E-state index in [-0.39, 0.29) is 5.38 Å². The van der Waals surface area contributed by atoms with E-state index < -0.39 is 0 Å². The third-order valence-corrected chi connectivity index (χ3v) is 3.80. The molecule has 3 nitrogen and oxygen atoms in total. The minimum atomic E-state index is -0.129. The van der Waals surface area contributed by atoms with Gasteiger partial charge in [-0.1, -0.05) is 12.1 Å². The Morgan fingerprint density at radius 2 is 2.00 bits per heavy atom. The van der Waals surface area contributed by atoms with E-state index in [1.807, 2.05) is 26.1 Å². The van der Waals surface area contributed by atoms with Gasteiger partial charge in [-0.05, 0) is 50.1 Å². The van der Waals surface area contributed by atoms with E-state index in [1.165, 1.54) is 5.56 Å². The van der Waals surface area contributed by atoms with Crippen molar-refractivity contribution < 1.29 is 0 Å². The SMILES string of the molecule is Cc1ccc2nc(C(C)Cl)n(Cc3ccc(C)nc3)c2c1. The number of nitrogens with zero attached hydrogens (tertiary/aromatic N) is 3. The van der Waals surface area contributed by atoms with E-state index in [9.17, 15) is 0 Å². The van der Waals surface area contributed by atoms with Gasteiger partial charge in [-0.3, -0.25) is 4.98 Å². The number of hydrogen-bond donors (Lipinski definition) is 0. The number of alkyl halides is 1. The van der Waals surface area contributed by atoms with Gasteiger partial charge in [-0.15, -0.1) is 11.6 Å².